The van der Waals surface area contributed by atoms with Crippen LogP contribution in [0, 0.1) is 21.0 Å². The number of amides is 1. The summed E-state index contributed by atoms with van der Waals surface area (Å²) >= 11 is 7.88. The minimum atomic E-state index is -0.340. The fraction of sp³-hybridized carbons (Fsp3) is 0.222. The van der Waals surface area contributed by atoms with Crippen molar-refractivity contribution in [1.82, 2.24) is 5.43 Å². The van der Waals surface area contributed by atoms with Gasteiger partial charge in [0, 0.05) is 9.13 Å². The summed E-state index contributed by atoms with van der Waals surface area (Å²) in [6, 6.07) is 7.89. The minimum Gasteiger partial charge on any atom is -0.495 e. The summed E-state index contributed by atoms with van der Waals surface area (Å²) in [5.41, 5.74) is 5.35. The van der Waals surface area contributed by atoms with Crippen LogP contribution in [0.5, 0.6) is 11.5 Å². The van der Waals surface area contributed by atoms with Crippen molar-refractivity contribution in [2.45, 2.75) is 13.8 Å². The van der Waals surface area contributed by atoms with Crippen molar-refractivity contribution < 1.29 is 14.3 Å². The summed E-state index contributed by atoms with van der Waals surface area (Å²) in [6.45, 7) is 3.82. The number of hydrazone groups is 1. The first kappa shape index (κ1) is 21.4. The van der Waals surface area contributed by atoms with Crippen LogP contribution < -0.4 is 14.9 Å². The zero-order chi connectivity index (χ0) is 19.3. The van der Waals surface area contributed by atoms with Gasteiger partial charge in [-0.1, -0.05) is 6.07 Å². The van der Waals surface area contributed by atoms with Gasteiger partial charge in [-0.2, -0.15) is 5.10 Å². The Labute approximate surface area is 188 Å². The summed E-state index contributed by atoms with van der Waals surface area (Å²) in [5, 5.41) is 4.00. The molecule has 0 radical (unpaired) electrons. The quantitative estimate of drug-likeness (QED) is 0.280. The molecular formula is C18H17BrI2N2O3. The number of halogens is 3. The molecule has 0 heterocycles. The maximum absolute atomic E-state index is 12.0. The summed E-state index contributed by atoms with van der Waals surface area (Å²) in [4.78, 5) is 12.0. The molecule has 0 aromatic heterocycles. The Bertz CT molecular complexity index is 834. The van der Waals surface area contributed by atoms with E-state index in [1.807, 2.05) is 38.1 Å². The molecule has 138 valence electrons. The van der Waals surface area contributed by atoms with Crippen molar-refractivity contribution in [3.63, 3.8) is 0 Å². The summed E-state index contributed by atoms with van der Waals surface area (Å²) in [7, 11) is 1.61. The van der Waals surface area contributed by atoms with Crippen LogP contribution in [0.4, 0.5) is 0 Å². The van der Waals surface area contributed by atoms with Crippen molar-refractivity contribution in [2.24, 2.45) is 5.10 Å². The van der Waals surface area contributed by atoms with Crippen molar-refractivity contribution in [3.05, 3.63) is 52.6 Å². The third kappa shape index (κ3) is 5.81. The van der Waals surface area contributed by atoms with E-state index in [4.69, 9.17) is 9.47 Å². The van der Waals surface area contributed by atoms with Crippen molar-refractivity contribution in [1.29, 1.82) is 0 Å². The molecule has 0 atom stereocenters. The number of nitrogens with one attached hydrogen (secondary N) is 1. The molecule has 0 aliphatic heterocycles. The lowest BCUT2D eigenvalue weighted by Gasteiger charge is -2.11. The molecule has 0 aliphatic carbocycles. The van der Waals surface area contributed by atoms with Gasteiger partial charge >= 0.3 is 0 Å². The molecule has 0 aliphatic rings. The summed E-state index contributed by atoms with van der Waals surface area (Å²) in [5.74, 6) is 1.04. The van der Waals surface area contributed by atoms with E-state index in [0.717, 1.165) is 34.1 Å². The maximum atomic E-state index is 12.0. The van der Waals surface area contributed by atoms with Crippen LogP contribution in [0.2, 0.25) is 0 Å². The number of nitrogens with zero attached hydrogens (tertiary/aromatic N) is 1. The Morgan fingerprint density at radius 3 is 2.62 bits per heavy atom. The van der Waals surface area contributed by atoms with Gasteiger partial charge in [0.1, 0.15) is 11.5 Å². The number of carbonyl (C=O) groups excluding carboxylic acids is 1. The third-order valence-corrected chi connectivity index (χ3v) is 5.37. The van der Waals surface area contributed by atoms with E-state index >= 15 is 0 Å². The second-order valence-electron chi connectivity index (χ2n) is 5.48. The van der Waals surface area contributed by atoms with Crippen LogP contribution in [0.25, 0.3) is 0 Å². The molecule has 5 nitrogen and oxygen atoms in total. The van der Waals surface area contributed by atoms with Crippen molar-refractivity contribution in [3.8, 4) is 11.5 Å². The molecule has 2 aromatic carbocycles. The van der Waals surface area contributed by atoms with Crippen LogP contribution in [0.15, 0.2) is 33.8 Å². The Balaban J connectivity index is 1.99. The predicted molar refractivity (Wildman–Crippen MR) is 123 cm³/mol. The first-order chi connectivity index (χ1) is 12.3. The van der Waals surface area contributed by atoms with Gasteiger partial charge in [-0.05, 0) is 104 Å². The number of methoxy groups -OCH3 is 1. The van der Waals surface area contributed by atoms with E-state index in [2.05, 4.69) is 71.6 Å². The average molecular weight is 643 g/mol. The monoisotopic (exact) mass is 642 g/mol. The molecule has 0 unspecified atom stereocenters. The van der Waals surface area contributed by atoms with Gasteiger partial charge in [-0.3, -0.25) is 4.79 Å². The maximum Gasteiger partial charge on any atom is 0.277 e. The van der Waals surface area contributed by atoms with E-state index in [1.165, 1.54) is 0 Å². The van der Waals surface area contributed by atoms with Gasteiger partial charge in [-0.15, -0.1) is 0 Å². The zero-order valence-corrected chi connectivity index (χ0v) is 20.3. The number of benzene rings is 2. The van der Waals surface area contributed by atoms with E-state index < -0.39 is 0 Å². The highest BCUT2D eigenvalue weighted by atomic mass is 127. The third-order valence-electron chi connectivity index (χ3n) is 3.36. The van der Waals surface area contributed by atoms with Crippen LogP contribution in [0.1, 0.15) is 16.7 Å². The van der Waals surface area contributed by atoms with Gasteiger partial charge in [0.05, 0.1) is 21.4 Å². The predicted octanol–water partition coefficient (Wildman–Crippen LogP) is 4.81. The second kappa shape index (κ2) is 9.88. The van der Waals surface area contributed by atoms with Crippen LogP contribution in [-0.2, 0) is 4.79 Å². The van der Waals surface area contributed by atoms with Crippen LogP contribution >= 0.6 is 61.1 Å². The fourth-order valence-corrected chi connectivity index (χ4v) is 5.22. The highest BCUT2D eigenvalue weighted by molar-refractivity contribution is 14.1. The number of ether oxygens (including phenoxy) is 2. The van der Waals surface area contributed by atoms with E-state index in [9.17, 15) is 4.79 Å². The van der Waals surface area contributed by atoms with Crippen molar-refractivity contribution >= 4 is 73.2 Å². The van der Waals surface area contributed by atoms with E-state index in [0.29, 0.717) is 5.75 Å². The zero-order valence-electron chi connectivity index (χ0n) is 14.4. The first-order valence-electron chi connectivity index (χ1n) is 7.56. The molecule has 0 bridgehead atoms. The SMILES string of the molecule is COc1c(I)cc(I)cc1C=NNC(=O)COc1c(C)cc(C)cc1Br. The minimum absolute atomic E-state index is 0.124. The topological polar surface area (TPSA) is 59.9 Å². The molecule has 0 saturated carbocycles. The molecule has 8 heteroatoms. The molecule has 0 saturated heterocycles. The average Bonchev–Trinajstić information content (AvgIpc) is 2.53. The summed E-state index contributed by atoms with van der Waals surface area (Å²) in [6.07, 6.45) is 1.56. The molecular weight excluding hydrogens is 626 g/mol. The van der Waals surface area contributed by atoms with Gasteiger partial charge in [0.25, 0.3) is 5.91 Å². The van der Waals surface area contributed by atoms with Gasteiger partial charge < -0.3 is 9.47 Å². The highest BCUT2D eigenvalue weighted by Crippen LogP contribution is 2.30. The molecule has 0 spiro atoms. The lowest BCUT2D eigenvalue weighted by atomic mass is 10.1. The van der Waals surface area contributed by atoms with E-state index in [-0.39, 0.29) is 12.5 Å². The van der Waals surface area contributed by atoms with Gasteiger partial charge in [0.15, 0.2) is 6.61 Å². The first-order valence-corrected chi connectivity index (χ1v) is 10.5. The molecule has 1 amide bonds. The highest BCUT2D eigenvalue weighted by Gasteiger charge is 2.10. The normalized spacial score (nSPS) is 10.8. The molecule has 0 fully saturated rings. The lowest BCUT2D eigenvalue weighted by molar-refractivity contribution is -0.123. The molecule has 1 N–H and O–H groups in total. The van der Waals surface area contributed by atoms with Gasteiger partial charge in [0.2, 0.25) is 0 Å². The standard InChI is InChI=1S/C18H17BrI2N2O3/c1-10-4-11(2)17(14(19)5-10)26-9-16(24)23-22-8-12-6-13(20)7-15(21)18(12)25-3/h4-8H,9H2,1-3H3,(H,23,24). The Morgan fingerprint density at radius 1 is 1.23 bits per heavy atom. The number of hydrogen-bond acceptors (Lipinski definition) is 4. The van der Waals surface area contributed by atoms with Crippen molar-refractivity contribution in [2.75, 3.05) is 13.7 Å². The Hall–Kier alpha value is -0.880. The van der Waals surface area contributed by atoms with Crippen LogP contribution in [0.3, 0.4) is 0 Å². The van der Waals surface area contributed by atoms with E-state index in [1.54, 1.807) is 13.3 Å². The number of rotatable bonds is 6. The molecule has 2 rings (SSSR count). The number of aryl methyl sites for hydroxylation is 2. The Kier molecular flexibility index (Phi) is 8.14. The lowest BCUT2D eigenvalue weighted by Crippen LogP contribution is -2.25. The molecule has 2 aromatic rings. The summed E-state index contributed by atoms with van der Waals surface area (Å²) < 4.78 is 13.9. The van der Waals surface area contributed by atoms with Crippen LogP contribution in [-0.4, -0.2) is 25.8 Å². The molecule has 26 heavy (non-hydrogen) atoms. The second-order valence-corrected chi connectivity index (χ2v) is 8.75. The van der Waals surface area contributed by atoms with Gasteiger partial charge in [-0.25, -0.2) is 5.43 Å². The largest absolute Gasteiger partial charge is 0.495 e. The number of carbonyl (C=O) groups is 1. The smallest absolute Gasteiger partial charge is 0.277 e. The number of hydrogen-bond donors (Lipinski definition) is 1. The fourth-order valence-electron chi connectivity index (χ4n) is 2.32. The Morgan fingerprint density at radius 2 is 1.96 bits per heavy atom.